The summed E-state index contributed by atoms with van der Waals surface area (Å²) in [5.41, 5.74) is 1.30. The number of hydrogen-bond donors (Lipinski definition) is 0. The van der Waals surface area contributed by atoms with E-state index < -0.39 is 5.24 Å². The summed E-state index contributed by atoms with van der Waals surface area (Å²) < 4.78 is 2.23. The second-order valence-electron chi connectivity index (χ2n) is 3.60. The summed E-state index contributed by atoms with van der Waals surface area (Å²) >= 11 is 8.78. The van der Waals surface area contributed by atoms with Gasteiger partial charge < -0.3 is 0 Å². The van der Waals surface area contributed by atoms with Gasteiger partial charge in [-0.3, -0.25) is 9.48 Å². The van der Waals surface area contributed by atoms with Crippen LogP contribution < -0.4 is 0 Å². The summed E-state index contributed by atoms with van der Waals surface area (Å²) in [6, 6.07) is 0. The normalized spacial score (nSPS) is 11.0. The Morgan fingerprint density at radius 3 is 2.57 bits per heavy atom. The molecule has 0 aliphatic rings. The SMILES string of the molecule is CC(C)Cc1nn(C)c(C(=O)Cl)c1Br. The summed E-state index contributed by atoms with van der Waals surface area (Å²) in [6.45, 7) is 4.20. The molecule has 0 unspecified atom stereocenters. The van der Waals surface area contributed by atoms with Crippen molar-refractivity contribution in [3.63, 3.8) is 0 Å². The van der Waals surface area contributed by atoms with Crippen molar-refractivity contribution >= 4 is 32.8 Å². The molecule has 0 aliphatic carbocycles. The van der Waals surface area contributed by atoms with Crippen molar-refractivity contribution in [2.24, 2.45) is 13.0 Å². The highest BCUT2D eigenvalue weighted by atomic mass is 79.9. The third-order valence-corrected chi connectivity index (χ3v) is 2.86. The molecule has 14 heavy (non-hydrogen) atoms. The molecule has 0 amide bonds. The summed E-state index contributed by atoms with van der Waals surface area (Å²) in [4.78, 5) is 11.1. The zero-order chi connectivity index (χ0) is 10.9. The van der Waals surface area contributed by atoms with E-state index in [1.54, 1.807) is 7.05 Å². The van der Waals surface area contributed by atoms with Gasteiger partial charge in [-0.1, -0.05) is 13.8 Å². The van der Waals surface area contributed by atoms with Gasteiger partial charge in [0.15, 0.2) is 0 Å². The van der Waals surface area contributed by atoms with E-state index in [1.165, 1.54) is 4.68 Å². The van der Waals surface area contributed by atoms with Crippen LogP contribution >= 0.6 is 27.5 Å². The van der Waals surface area contributed by atoms with Gasteiger partial charge >= 0.3 is 0 Å². The van der Waals surface area contributed by atoms with Crippen LogP contribution in [0.2, 0.25) is 0 Å². The minimum atomic E-state index is -0.484. The Hall–Kier alpha value is -0.350. The fourth-order valence-corrected chi connectivity index (χ4v) is 2.29. The van der Waals surface area contributed by atoms with E-state index in [4.69, 9.17) is 11.6 Å². The van der Waals surface area contributed by atoms with Crippen LogP contribution in [0.25, 0.3) is 0 Å². The molecule has 0 saturated heterocycles. The van der Waals surface area contributed by atoms with Crippen molar-refractivity contribution in [2.75, 3.05) is 0 Å². The minimum absolute atomic E-state index is 0.419. The van der Waals surface area contributed by atoms with Crippen molar-refractivity contribution in [3.05, 3.63) is 15.9 Å². The van der Waals surface area contributed by atoms with Crippen molar-refractivity contribution in [1.82, 2.24) is 9.78 Å². The number of nitrogens with zero attached hydrogens (tertiary/aromatic N) is 2. The van der Waals surface area contributed by atoms with Crippen molar-refractivity contribution in [3.8, 4) is 0 Å². The summed E-state index contributed by atoms with van der Waals surface area (Å²) in [7, 11) is 1.71. The maximum atomic E-state index is 11.1. The Morgan fingerprint density at radius 2 is 2.21 bits per heavy atom. The van der Waals surface area contributed by atoms with Crippen molar-refractivity contribution in [2.45, 2.75) is 20.3 Å². The molecular formula is C9H12BrClN2O. The predicted octanol–water partition coefficient (Wildman–Crippen LogP) is 2.76. The maximum Gasteiger partial charge on any atom is 0.271 e. The summed E-state index contributed by atoms with van der Waals surface area (Å²) in [6.07, 6.45) is 0.832. The van der Waals surface area contributed by atoms with Crippen LogP contribution in [0.1, 0.15) is 30.0 Å². The van der Waals surface area contributed by atoms with E-state index in [2.05, 4.69) is 34.9 Å². The van der Waals surface area contributed by atoms with Crippen LogP contribution in [0.3, 0.4) is 0 Å². The molecule has 0 spiro atoms. The topological polar surface area (TPSA) is 34.9 Å². The number of hydrogen-bond acceptors (Lipinski definition) is 2. The number of rotatable bonds is 3. The standard InChI is InChI=1S/C9H12BrClN2O/c1-5(2)4-6-7(10)8(9(11)14)13(3)12-6/h5H,4H2,1-3H3. The highest BCUT2D eigenvalue weighted by Gasteiger charge is 2.18. The van der Waals surface area contributed by atoms with Crippen LogP contribution in [0.4, 0.5) is 0 Å². The van der Waals surface area contributed by atoms with Crippen LogP contribution in [0.5, 0.6) is 0 Å². The van der Waals surface area contributed by atoms with Crippen LogP contribution in [0.15, 0.2) is 4.47 Å². The molecule has 1 aromatic rings. The van der Waals surface area contributed by atoms with Gasteiger partial charge in [-0.25, -0.2) is 0 Å². The molecule has 1 rings (SSSR count). The third-order valence-electron chi connectivity index (χ3n) is 1.84. The molecule has 78 valence electrons. The first-order valence-electron chi connectivity index (χ1n) is 4.34. The van der Waals surface area contributed by atoms with E-state index in [9.17, 15) is 4.79 Å². The molecular weight excluding hydrogens is 267 g/mol. The van der Waals surface area contributed by atoms with Crippen LogP contribution in [-0.2, 0) is 13.5 Å². The molecule has 0 saturated carbocycles. The van der Waals surface area contributed by atoms with Gasteiger partial charge in [-0.2, -0.15) is 5.10 Å². The Morgan fingerprint density at radius 1 is 1.64 bits per heavy atom. The molecule has 0 fully saturated rings. The van der Waals surface area contributed by atoms with Crippen molar-refractivity contribution < 1.29 is 4.79 Å². The molecule has 5 heteroatoms. The summed E-state index contributed by atoms with van der Waals surface area (Å²) in [5, 5.41) is 3.75. The van der Waals surface area contributed by atoms with E-state index >= 15 is 0 Å². The maximum absolute atomic E-state index is 11.1. The summed E-state index contributed by atoms with van der Waals surface area (Å²) in [5.74, 6) is 0.500. The highest BCUT2D eigenvalue weighted by Crippen LogP contribution is 2.24. The zero-order valence-electron chi connectivity index (χ0n) is 8.34. The largest absolute Gasteiger partial charge is 0.274 e. The fraction of sp³-hybridized carbons (Fsp3) is 0.556. The molecule has 0 atom stereocenters. The van der Waals surface area contributed by atoms with Crippen LogP contribution in [-0.4, -0.2) is 15.0 Å². The van der Waals surface area contributed by atoms with Crippen molar-refractivity contribution in [1.29, 1.82) is 0 Å². The van der Waals surface area contributed by atoms with Gasteiger partial charge in [-0.05, 0) is 39.9 Å². The van der Waals surface area contributed by atoms with Crippen LogP contribution in [0, 0.1) is 5.92 Å². The molecule has 1 aromatic heterocycles. The van der Waals surface area contributed by atoms with E-state index in [-0.39, 0.29) is 0 Å². The number of aromatic nitrogens is 2. The lowest BCUT2D eigenvalue weighted by molar-refractivity contribution is 0.107. The third kappa shape index (κ3) is 2.36. The average molecular weight is 280 g/mol. The highest BCUT2D eigenvalue weighted by molar-refractivity contribution is 9.10. The smallest absolute Gasteiger partial charge is 0.271 e. The number of aryl methyl sites for hydroxylation is 1. The molecule has 0 bridgehead atoms. The lowest BCUT2D eigenvalue weighted by Gasteiger charge is -2.00. The van der Waals surface area contributed by atoms with Gasteiger partial charge in [0, 0.05) is 7.05 Å². The monoisotopic (exact) mass is 278 g/mol. The van der Waals surface area contributed by atoms with Gasteiger partial charge in [0.1, 0.15) is 5.69 Å². The van der Waals surface area contributed by atoms with Gasteiger partial charge in [-0.15, -0.1) is 0 Å². The second-order valence-corrected chi connectivity index (χ2v) is 4.74. The second kappa shape index (κ2) is 4.45. The van der Waals surface area contributed by atoms with Gasteiger partial charge in [0.05, 0.1) is 10.2 Å². The van der Waals surface area contributed by atoms with E-state index in [0.717, 1.165) is 12.1 Å². The minimum Gasteiger partial charge on any atom is -0.274 e. The molecule has 0 radical (unpaired) electrons. The van der Waals surface area contributed by atoms with E-state index in [1.807, 2.05) is 0 Å². The molecule has 1 heterocycles. The van der Waals surface area contributed by atoms with Gasteiger partial charge in [0.25, 0.3) is 5.24 Å². The number of carbonyl (C=O) groups excluding carboxylic acids is 1. The molecule has 0 aromatic carbocycles. The Balaban J connectivity index is 3.10. The first kappa shape index (κ1) is 11.7. The number of carbonyl (C=O) groups is 1. The fourth-order valence-electron chi connectivity index (χ4n) is 1.28. The first-order valence-corrected chi connectivity index (χ1v) is 5.51. The van der Waals surface area contributed by atoms with Gasteiger partial charge in [0.2, 0.25) is 0 Å². The zero-order valence-corrected chi connectivity index (χ0v) is 10.7. The lowest BCUT2D eigenvalue weighted by atomic mass is 10.1. The Labute approximate surface area is 96.6 Å². The Kier molecular flexibility index (Phi) is 3.72. The van der Waals surface area contributed by atoms with E-state index in [0.29, 0.717) is 16.1 Å². The molecule has 3 nitrogen and oxygen atoms in total. The molecule has 0 aliphatic heterocycles. The quantitative estimate of drug-likeness (QED) is 0.798. The average Bonchev–Trinajstić information content (AvgIpc) is 2.25. The molecule has 0 N–H and O–H groups in total. The Bertz CT molecular complexity index is 360. The predicted molar refractivity (Wildman–Crippen MR) is 59.6 cm³/mol. The number of halogens is 2. The lowest BCUT2D eigenvalue weighted by Crippen LogP contribution is -2.01. The first-order chi connectivity index (χ1) is 6.43.